The number of aliphatic hydroxyl groups is 1. The van der Waals surface area contributed by atoms with Gasteiger partial charge < -0.3 is 9.84 Å². The highest BCUT2D eigenvalue weighted by Gasteiger charge is 2.19. The van der Waals surface area contributed by atoms with E-state index >= 15 is 0 Å². The lowest BCUT2D eigenvalue weighted by Gasteiger charge is -2.24. The largest absolute Gasteiger partial charge is 0.501 e. The summed E-state index contributed by atoms with van der Waals surface area (Å²) in [5.74, 6) is 0.828. The molecule has 0 fully saturated rings. The summed E-state index contributed by atoms with van der Waals surface area (Å²) in [6.07, 6.45) is 4.86. The number of aliphatic hydroxyl groups excluding tert-OH is 1. The molecule has 0 aromatic carbocycles. The summed E-state index contributed by atoms with van der Waals surface area (Å²) in [6, 6.07) is 0. The number of rotatable bonds is 2. The van der Waals surface area contributed by atoms with Crippen molar-refractivity contribution in [3.63, 3.8) is 0 Å². The summed E-state index contributed by atoms with van der Waals surface area (Å²) >= 11 is 0. The summed E-state index contributed by atoms with van der Waals surface area (Å²) in [7, 11) is 0. The van der Waals surface area contributed by atoms with Gasteiger partial charge in [0, 0.05) is 12.5 Å². The maximum atomic E-state index is 8.88. The van der Waals surface area contributed by atoms with E-state index in [1.54, 1.807) is 6.26 Å². The minimum atomic E-state index is 0.239. The quantitative estimate of drug-likeness (QED) is 0.627. The van der Waals surface area contributed by atoms with Gasteiger partial charge in [-0.3, -0.25) is 0 Å². The molecule has 2 atom stereocenters. The molecule has 2 heteroatoms. The Morgan fingerprint density at radius 1 is 1.70 bits per heavy atom. The van der Waals surface area contributed by atoms with E-state index < -0.39 is 0 Å². The Morgan fingerprint density at radius 3 is 3.00 bits per heavy atom. The molecular formula is C8H14O2. The summed E-state index contributed by atoms with van der Waals surface area (Å²) in [5.41, 5.74) is 0. The van der Waals surface area contributed by atoms with Crippen LogP contribution in [0.4, 0.5) is 0 Å². The van der Waals surface area contributed by atoms with Crippen LogP contribution in [0, 0.1) is 11.8 Å². The molecule has 1 heterocycles. The number of allylic oxidation sites excluding steroid dienone is 1. The van der Waals surface area contributed by atoms with Crippen LogP contribution >= 0.6 is 0 Å². The Morgan fingerprint density at radius 2 is 2.50 bits per heavy atom. The van der Waals surface area contributed by atoms with E-state index in [0.29, 0.717) is 18.4 Å². The molecule has 0 saturated heterocycles. The van der Waals surface area contributed by atoms with Gasteiger partial charge in [0.25, 0.3) is 0 Å². The van der Waals surface area contributed by atoms with Crippen molar-refractivity contribution in [2.45, 2.75) is 13.3 Å². The van der Waals surface area contributed by atoms with Crippen LogP contribution in [0.2, 0.25) is 0 Å². The molecule has 0 aromatic rings. The van der Waals surface area contributed by atoms with E-state index in [2.05, 4.69) is 6.92 Å². The molecule has 0 radical (unpaired) electrons. The smallest absolute Gasteiger partial charge is 0.0928 e. The zero-order chi connectivity index (χ0) is 7.40. The monoisotopic (exact) mass is 142 g/mol. The molecule has 58 valence electrons. The third-order valence-electron chi connectivity index (χ3n) is 2.04. The predicted molar refractivity (Wildman–Crippen MR) is 39.4 cm³/mol. The Kier molecular flexibility index (Phi) is 2.75. The van der Waals surface area contributed by atoms with Crippen LogP contribution in [0.5, 0.6) is 0 Å². The molecule has 1 rings (SSSR count). The van der Waals surface area contributed by atoms with Gasteiger partial charge in [-0.1, -0.05) is 6.92 Å². The first-order valence-electron chi connectivity index (χ1n) is 3.77. The van der Waals surface area contributed by atoms with Crippen molar-refractivity contribution in [2.75, 3.05) is 13.2 Å². The Bertz CT molecular complexity index is 120. The summed E-state index contributed by atoms with van der Waals surface area (Å²) in [5, 5.41) is 8.88. The van der Waals surface area contributed by atoms with Crippen molar-refractivity contribution >= 4 is 0 Å². The van der Waals surface area contributed by atoms with Crippen molar-refractivity contribution in [3.05, 3.63) is 12.3 Å². The van der Waals surface area contributed by atoms with E-state index in [-0.39, 0.29) is 6.61 Å². The Hall–Kier alpha value is -0.500. The van der Waals surface area contributed by atoms with Crippen molar-refractivity contribution in [1.29, 1.82) is 0 Å². The fourth-order valence-electron chi connectivity index (χ4n) is 1.27. The van der Waals surface area contributed by atoms with E-state index in [1.807, 2.05) is 6.08 Å². The molecule has 10 heavy (non-hydrogen) atoms. The van der Waals surface area contributed by atoms with Gasteiger partial charge in [-0.25, -0.2) is 0 Å². The second kappa shape index (κ2) is 3.62. The molecular weight excluding hydrogens is 128 g/mol. The van der Waals surface area contributed by atoms with Crippen molar-refractivity contribution in [1.82, 2.24) is 0 Å². The molecule has 0 spiro atoms. The lowest BCUT2D eigenvalue weighted by atomic mass is 9.90. The Balaban J connectivity index is 2.47. The van der Waals surface area contributed by atoms with E-state index in [4.69, 9.17) is 9.84 Å². The SMILES string of the molecule is CCC1C=COCC1CO. The van der Waals surface area contributed by atoms with Gasteiger partial charge in [-0.15, -0.1) is 0 Å². The van der Waals surface area contributed by atoms with Gasteiger partial charge >= 0.3 is 0 Å². The van der Waals surface area contributed by atoms with Crippen LogP contribution in [-0.2, 0) is 4.74 Å². The molecule has 0 aromatic heterocycles. The van der Waals surface area contributed by atoms with Crippen LogP contribution in [0.1, 0.15) is 13.3 Å². The molecule has 1 N–H and O–H groups in total. The third kappa shape index (κ3) is 1.51. The number of hydrogen-bond donors (Lipinski definition) is 1. The lowest BCUT2D eigenvalue weighted by Crippen LogP contribution is -2.24. The number of hydrogen-bond acceptors (Lipinski definition) is 2. The van der Waals surface area contributed by atoms with Gasteiger partial charge in [0.1, 0.15) is 0 Å². The average molecular weight is 142 g/mol. The summed E-state index contributed by atoms with van der Waals surface area (Å²) < 4.78 is 5.06. The van der Waals surface area contributed by atoms with Gasteiger partial charge in [0.15, 0.2) is 0 Å². The maximum Gasteiger partial charge on any atom is 0.0928 e. The minimum Gasteiger partial charge on any atom is -0.501 e. The molecule has 0 saturated carbocycles. The first-order chi connectivity index (χ1) is 4.88. The second-order valence-corrected chi connectivity index (χ2v) is 2.68. The third-order valence-corrected chi connectivity index (χ3v) is 2.04. The molecule has 2 nitrogen and oxygen atoms in total. The first-order valence-corrected chi connectivity index (χ1v) is 3.77. The van der Waals surface area contributed by atoms with Gasteiger partial charge in [0.2, 0.25) is 0 Å². The van der Waals surface area contributed by atoms with Crippen molar-refractivity contribution < 1.29 is 9.84 Å². The fourth-order valence-corrected chi connectivity index (χ4v) is 1.27. The van der Waals surface area contributed by atoms with Gasteiger partial charge in [-0.2, -0.15) is 0 Å². The second-order valence-electron chi connectivity index (χ2n) is 2.68. The zero-order valence-corrected chi connectivity index (χ0v) is 6.29. The normalized spacial score (nSPS) is 31.8. The molecule has 0 amide bonds. The average Bonchev–Trinajstić information content (AvgIpc) is 2.04. The molecule has 1 aliphatic rings. The van der Waals surface area contributed by atoms with E-state index in [9.17, 15) is 0 Å². The molecule has 0 bridgehead atoms. The fraction of sp³-hybridized carbons (Fsp3) is 0.750. The lowest BCUT2D eigenvalue weighted by molar-refractivity contribution is 0.0896. The van der Waals surface area contributed by atoms with E-state index in [1.165, 1.54) is 0 Å². The van der Waals surface area contributed by atoms with Crippen LogP contribution in [0.15, 0.2) is 12.3 Å². The van der Waals surface area contributed by atoms with Crippen LogP contribution in [-0.4, -0.2) is 18.3 Å². The molecule has 1 aliphatic heterocycles. The highest BCUT2D eigenvalue weighted by Crippen LogP contribution is 2.21. The topological polar surface area (TPSA) is 29.5 Å². The van der Waals surface area contributed by atoms with Crippen LogP contribution in [0.25, 0.3) is 0 Å². The summed E-state index contributed by atoms with van der Waals surface area (Å²) in [4.78, 5) is 0. The van der Waals surface area contributed by atoms with E-state index in [0.717, 1.165) is 6.42 Å². The predicted octanol–water partition coefficient (Wildman–Crippen LogP) is 1.16. The zero-order valence-electron chi connectivity index (χ0n) is 6.29. The highest BCUT2D eigenvalue weighted by molar-refractivity contribution is 4.90. The first kappa shape index (κ1) is 7.61. The highest BCUT2D eigenvalue weighted by atomic mass is 16.5. The Labute approximate surface area is 61.5 Å². The number of ether oxygens (including phenoxy) is 1. The van der Waals surface area contributed by atoms with Gasteiger partial charge in [0.05, 0.1) is 12.9 Å². The van der Waals surface area contributed by atoms with Gasteiger partial charge in [-0.05, 0) is 18.4 Å². The standard InChI is InChI=1S/C8H14O2/c1-2-7-3-4-10-6-8(7)5-9/h3-4,7-9H,2,5-6H2,1H3. The minimum absolute atomic E-state index is 0.239. The van der Waals surface area contributed by atoms with Crippen molar-refractivity contribution in [2.24, 2.45) is 11.8 Å². The maximum absolute atomic E-state index is 8.88. The summed E-state index contributed by atoms with van der Waals surface area (Å²) in [6.45, 7) is 3.04. The van der Waals surface area contributed by atoms with Crippen molar-refractivity contribution in [3.8, 4) is 0 Å². The van der Waals surface area contributed by atoms with Crippen LogP contribution in [0.3, 0.4) is 0 Å². The molecule has 2 unspecified atom stereocenters. The molecule has 0 aliphatic carbocycles. The van der Waals surface area contributed by atoms with Crippen LogP contribution < -0.4 is 0 Å².